The second-order valence-electron chi connectivity index (χ2n) is 15.0. The highest BCUT2D eigenvalue weighted by molar-refractivity contribution is 6.06. The Bertz CT molecular complexity index is 2090. The molecule has 7 nitrogen and oxygen atoms in total. The number of hydrogen-bond acceptors (Lipinski definition) is 2. The minimum absolute atomic E-state index is 0.0522. The topological polar surface area (TPSA) is 92.7 Å². The number of nitrogens with two attached hydrogens (primary N) is 1. The summed E-state index contributed by atoms with van der Waals surface area (Å²) in [7, 11) is 0. The summed E-state index contributed by atoms with van der Waals surface area (Å²) >= 11 is 0. The fourth-order valence-electron chi connectivity index (χ4n) is 7.24. The highest BCUT2D eigenvalue weighted by Crippen LogP contribution is 2.59. The van der Waals surface area contributed by atoms with Crippen LogP contribution in [0.1, 0.15) is 103 Å². The van der Waals surface area contributed by atoms with Crippen molar-refractivity contribution in [2.45, 2.75) is 116 Å². The molecule has 50 heavy (non-hydrogen) atoms. The van der Waals surface area contributed by atoms with Crippen LogP contribution in [0.4, 0.5) is 5.69 Å². The molecule has 1 fully saturated rings. The van der Waals surface area contributed by atoms with Gasteiger partial charge in [0.2, 0.25) is 0 Å². The van der Waals surface area contributed by atoms with E-state index in [1.165, 1.54) is 54.9 Å². The van der Waals surface area contributed by atoms with Crippen LogP contribution in [-0.2, 0) is 6.67 Å². The van der Waals surface area contributed by atoms with Crippen LogP contribution in [0.3, 0.4) is 0 Å². The molecule has 2 N–H and O–H groups in total. The summed E-state index contributed by atoms with van der Waals surface area (Å²) in [6, 6.07) is 8.82. The monoisotopic (exact) mass is 673 g/mol. The number of allylic oxidation sites excluding steroid dienone is 1. The van der Waals surface area contributed by atoms with E-state index in [9.17, 15) is 0 Å². The molecule has 0 saturated heterocycles. The molecule has 2 unspecified atom stereocenters. The van der Waals surface area contributed by atoms with E-state index in [4.69, 9.17) is 20.7 Å². The molecule has 1 heterocycles. The number of aliphatic imine (C=N–C) groups is 5. The Labute approximate surface area is 300 Å². The van der Waals surface area contributed by atoms with Crippen molar-refractivity contribution in [3.8, 4) is 0 Å². The van der Waals surface area contributed by atoms with Gasteiger partial charge in [0.15, 0.2) is 5.84 Å². The summed E-state index contributed by atoms with van der Waals surface area (Å²) in [6.07, 6.45) is 4.21. The van der Waals surface area contributed by atoms with E-state index in [1.807, 2.05) is 13.8 Å². The number of rotatable bonds is 8. The third-order valence-electron chi connectivity index (χ3n) is 10.6. The predicted octanol–water partition coefficient (Wildman–Crippen LogP) is 9.15. The van der Waals surface area contributed by atoms with Gasteiger partial charge in [-0.05, 0) is 140 Å². The van der Waals surface area contributed by atoms with Gasteiger partial charge in [0.25, 0.3) is 0 Å². The molecule has 3 atom stereocenters. The third kappa shape index (κ3) is 7.82. The Morgan fingerprint density at radius 1 is 0.980 bits per heavy atom. The highest BCUT2D eigenvalue weighted by Gasteiger charge is 2.50. The number of aromatic nitrogens is 1. The van der Waals surface area contributed by atoms with Gasteiger partial charge in [-0.3, -0.25) is 0 Å². The maximum atomic E-state index is 6.67. The average Bonchev–Trinajstić information content (AvgIpc) is 3.50. The smallest absolute Gasteiger partial charge is 0.154 e. The maximum absolute atomic E-state index is 6.67. The van der Waals surface area contributed by atoms with Crippen molar-refractivity contribution in [1.29, 1.82) is 0 Å². The van der Waals surface area contributed by atoms with Crippen molar-refractivity contribution in [3.63, 3.8) is 0 Å². The van der Waals surface area contributed by atoms with Gasteiger partial charge in [0, 0.05) is 16.5 Å². The van der Waals surface area contributed by atoms with Gasteiger partial charge >= 0.3 is 0 Å². The van der Waals surface area contributed by atoms with Crippen molar-refractivity contribution in [3.05, 3.63) is 74.3 Å². The molecule has 266 valence electrons. The second-order valence-corrected chi connectivity index (χ2v) is 15.0. The summed E-state index contributed by atoms with van der Waals surface area (Å²) in [5.74, 6) is 3.14. The van der Waals surface area contributed by atoms with E-state index < -0.39 is 0 Å². The molecule has 7 heteroatoms. The number of fused-ring (bicyclic) bond motifs is 1. The quantitative estimate of drug-likeness (QED) is 0.187. The average molecular weight is 674 g/mol. The van der Waals surface area contributed by atoms with Crippen LogP contribution in [0, 0.1) is 51.9 Å². The maximum Gasteiger partial charge on any atom is 0.154 e. The SMILES string of the molecule is C=NC(C)=N/C(C)=N\Cn1/c(=C(C)/C(=C/C(=Nc2c(C)cc(C)cc2C)N=C(N)C(C)CC)C2(C)C[C@@H]2C)c(=C(C)C)c2c(C)ccc(C)c21. The van der Waals surface area contributed by atoms with Crippen molar-refractivity contribution in [2.24, 2.45) is 47.9 Å². The molecule has 2 aromatic carbocycles. The first kappa shape index (κ1) is 38.4. The highest BCUT2D eigenvalue weighted by atomic mass is 15.1. The molecule has 1 saturated carbocycles. The number of amidine groups is 4. The molecule has 1 aliphatic rings. The lowest BCUT2D eigenvalue weighted by Gasteiger charge is -2.19. The van der Waals surface area contributed by atoms with Gasteiger partial charge in [0.1, 0.15) is 24.2 Å². The van der Waals surface area contributed by atoms with E-state index in [0.29, 0.717) is 35.9 Å². The van der Waals surface area contributed by atoms with Gasteiger partial charge in [-0.1, -0.05) is 63.1 Å². The van der Waals surface area contributed by atoms with Crippen LogP contribution < -0.4 is 16.3 Å². The largest absolute Gasteiger partial charge is 0.387 e. The summed E-state index contributed by atoms with van der Waals surface area (Å²) in [4.78, 5) is 23.9. The van der Waals surface area contributed by atoms with Crippen molar-refractivity contribution in [2.75, 3.05) is 0 Å². The first-order valence-electron chi connectivity index (χ1n) is 18.0. The Kier molecular flexibility index (Phi) is 11.7. The normalized spacial score (nSPS) is 20.4. The van der Waals surface area contributed by atoms with Gasteiger partial charge in [0.05, 0.1) is 16.6 Å². The van der Waals surface area contributed by atoms with E-state index in [-0.39, 0.29) is 11.3 Å². The van der Waals surface area contributed by atoms with Gasteiger partial charge < -0.3 is 10.3 Å². The van der Waals surface area contributed by atoms with Crippen LogP contribution in [0.2, 0.25) is 0 Å². The predicted molar refractivity (Wildman–Crippen MR) is 219 cm³/mol. The zero-order valence-electron chi connectivity index (χ0n) is 33.1. The zero-order valence-corrected chi connectivity index (χ0v) is 33.1. The van der Waals surface area contributed by atoms with E-state index >= 15 is 0 Å². The fraction of sp³-hybridized carbons (Fsp3) is 0.465. The Hall–Kier alpha value is -4.39. The number of aryl methyl sites for hydroxylation is 5. The van der Waals surface area contributed by atoms with Crippen LogP contribution in [0.5, 0.6) is 0 Å². The molecular formula is C43H59N7. The Morgan fingerprint density at radius 3 is 2.12 bits per heavy atom. The van der Waals surface area contributed by atoms with Crippen molar-refractivity contribution < 1.29 is 0 Å². The molecule has 0 bridgehead atoms. The molecule has 4 rings (SSSR count). The molecule has 1 aliphatic carbocycles. The van der Waals surface area contributed by atoms with E-state index in [0.717, 1.165) is 29.7 Å². The van der Waals surface area contributed by atoms with Crippen LogP contribution in [0.15, 0.2) is 60.9 Å². The lowest BCUT2D eigenvalue weighted by molar-refractivity contribution is 0.635. The number of benzene rings is 2. The van der Waals surface area contributed by atoms with Crippen molar-refractivity contribution in [1.82, 2.24) is 4.57 Å². The van der Waals surface area contributed by atoms with Gasteiger partial charge in [-0.25, -0.2) is 25.0 Å². The molecule has 0 spiro atoms. The second kappa shape index (κ2) is 15.2. The van der Waals surface area contributed by atoms with E-state index in [2.05, 4.69) is 135 Å². The number of nitrogens with zero attached hydrogens (tertiary/aromatic N) is 6. The lowest BCUT2D eigenvalue weighted by atomic mass is 9.88. The van der Waals surface area contributed by atoms with Gasteiger partial charge in [-0.2, -0.15) is 0 Å². The zero-order chi connectivity index (χ0) is 37.2. The minimum atomic E-state index is -0.0522. The minimum Gasteiger partial charge on any atom is -0.387 e. The third-order valence-corrected chi connectivity index (χ3v) is 10.6. The first-order valence-corrected chi connectivity index (χ1v) is 18.0. The van der Waals surface area contributed by atoms with Crippen LogP contribution >= 0.6 is 0 Å². The number of hydrogen-bond donors (Lipinski definition) is 1. The molecule has 0 amide bonds. The summed E-state index contributed by atoms with van der Waals surface area (Å²) in [5.41, 5.74) is 18.4. The Balaban J connectivity index is 2.21. The molecule has 3 aromatic rings. The molecule has 1 aromatic heterocycles. The summed E-state index contributed by atoms with van der Waals surface area (Å²) in [6.45, 7) is 34.3. The standard InChI is InChI=1S/C43H59N7/c1-16-26(5)42(44)49-36(48-39-29(8)19-25(4)20-30(39)9)21-35(43(14)22-31(43)10)32(11)41-37(24(2)3)38-27(6)17-18-28(7)40(38)50(41)23-46-34(13)47-33(12)45-15/h17-21,26,31H,15-16,22-23H2,1-14H3,(H2,44,48,49)/b35-21-,41-32+,46-34-,47-33?/t26?,31-,43?/m0/s1. The van der Waals surface area contributed by atoms with Gasteiger partial charge in [-0.15, -0.1) is 0 Å². The first-order chi connectivity index (χ1) is 23.4. The fourth-order valence-corrected chi connectivity index (χ4v) is 7.24. The Morgan fingerprint density at radius 2 is 1.58 bits per heavy atom. The van der Waals surface area contributed by atoms with E-state index in [1.54, 1.807) is 0 Å². The summed E-state index contributed by atoms with van der Waals surface area (Å²) < 4.78 is 2.39. The van der Waals surface area contributed by atoms with Crippen LogP contribution in [0.25, 0.3) is 22.0 Å². The van der Waals surface area contributed by atoms with Crippen LogP contribution in [-0.4, -0.2) is 34.6 Å². The summed E-state index contributed by atoms with van der Waals surface area (Å²) in [5, 5.41) is 3.70. The van der Waals surface area contributed by atoms with Crippen molar-refractivity contribution >= 4 is 57.8 Å². The molecule has 0 aliphatic heterocycles. The molecular weight excluding hydrogens is 615 g/mol. The molecule has 0 radical (unpaired) electrons. The lowest BCUT2D eigenvalue weighted by Crippen LogP contribution is -2.34.